The van der Waals surface area contributed by atoms with Gasteiger partial charge in [-0.2, -0.15) is 0 Å². The molecule has 3 saturated carbocycles. The topological polar surface area (TPSA) is 35.2 Å². The number of nitrogens with two attached hydrogens (primary N) is 1. The van der Waals surface area contributed by atoms with Crippen molar-refractivity contribution in [3.05, 3.63) is 28.8 Å². The minimum Gasteiger partial charge on any atom is -0.496 e. The van der Waals surface area contributed by atoms with Gasteiger partial charge in [0.15, 0.2) is 0 Å². The molecule has 2 N–H and O–H groups in total. The van der Waals surface area contributed by atoms with Crippen LogP contribution in [0.2, 0.25) is 5.02 Å². The Morgan fingerprint density at radius 2 is 2.10 bits per heavy atom. The van der Waals surface area contributed by atoms with Crippen LogP contribution in [0, 0.1) is 23.7 Å². The Hall–Kier alpha value is -0.730. The van der Waals surface area contributed by atoms with Crippen LogP contribution in [-0.2, 0) is 5.54 Å². The van der Waals surface area contributed by atoms with Crippen molar-refractivity contribution in [1.82, 2.24) is 0 Å². The van der Waals surface area contributed by atoms with Gasteiger partial charge in [-0.05, 0) is 67.6 Å². The van der Waals surface area contributed by atoms with Gasteiger partial charge in [0.05, 0.1) is 7.11 Å². The normalized spacial score (nSPS) is 42.0. The molecule has 5 unspecified atom stereocenters. The van der Waals surface area contributed by atoms with Gasteiger partial charge in [-0.15, -0.1) is 0 Å². The Balaban J connectivity index is 1.77. The van der Waals surface area contributed by atoms with Gasteiger partial charge in [0.25, 0.3) is 0 Å². The predicted octanol–water partition coefficient (Wildman–Crippen LogP) is 3.96. The monoisotopic (exact) mass is 291 g/mol. The third-order valence-electron chi connectivity index (χ3n) is 6.23. The van der Waals surface area contributed by atoms with Crippen molar-refractivity contribution in [2.45, 2.75) is 37.6 Å². The Bertz CT molecular complexity index is 546. The van der Waals surface area contributed by atoms with E-state index in [1.807, 2.05) is 18.2 Å². The van der Waals surface area contributed by atoms with Gasteiger partial charge in [-0.3, -0.25) is 0 Å². The number of hydrogen-bond acceptors (Lipinski definition) is 2. The number of rotatable bonds is 2. The van der Waals surface area contributed by atoms with Gasteiger partial charge in [0.2, 0.25) is 0 Å². The fraction of sp³-hybridized carbons (Fsp3) is 0.647. The molecule has 3 aliphatic carbocycles. The first-order valence-corrected chi connectivity index (χ1v) is 8.14. The molecule has 0 saturated heterocycles. The number of benzene rings is 1. The molecule has 2 bridgehead atoms. The Labute approximate surface area is 125 Å². The Morgan fingerprint density at radius 1 is 1.30 bits per heavy atom. The number of fused-ring (bicyclic) bond motifs is 5. The summed E-state index contributed by atoms with van der Waals surface area (Å²) in [6.07, 6.45) is 6.60. The lowest BCUT2D eigenvalue weighted by molar-refractivity contribution is 0.153. The molecule has 2 nitrogen and oxygen atoms in total. The Kier molecular flexibility index (Phi) is 2.84. The summed E-state index contributed by atoms with van der Waals surface area (Å²) >= 11 is 6.22. The van der Waals surface area contributed by atoms with Crippen LogP contribution in [0.15, 0.2) is 18.2 Å². The van der Waals surface area contributed by atoms with E-state index in [1.54, 1.807) is 7.11 Å². The van der Waals surface area contributed by atoms with Crippen molar-refractivity contribution < 1.29 is 4.74 Å². The maximum atomic E-state index is 6.93. The maximum absolute atomic E-state index is 6.93. The van der Waals surface area contributed by atoms with Crippen LogP contribution in [0.5, 0.6) is 5.75 Å². The quantitative estimate of drug-likeness (QED) is 0.895. The number of hydrogen-bond donors (Lipinski definition) is 1. The summed E-state index contributed by atoms with van der Waals surface area (Å²) in [5.74, 6) is 4.12. The summed E-state index contributed by atoms with van der Waals surface area (Å²) < 4.78 is 5.56. The first-order valence-electron chi connectivity index (χ1n) is 7.76. The summed E-state index contributed by atoms with van der Waals surface area (Å²) in [5.41, 5.74) is 7.83. The van der Waals surface area contributed by atoms with Crippen molar-refractivity contribution >= 4 is 11.6 Å². The SMILES string of the molecule is COc1ccc(Cl)cc1C1(N)CC2CC1C1CCCC21. The molecule has 0 heterocycles. The summed E-state index contributed by atoms with van der Waals surface area (Å²) in [6, 6.07) is 5.88. The highest BCUT2D eigenvalue weighted by atomic mass is 35.5. The standard InChI is InChI=1S/C17H22ClNO/c1-20-16-6-5-11(18)8-15(16)17(19)9-10-7-14(17)13-4-2-3-12(10)13/h5-6,8,10,12-14H,2-4,7,9,19H2,1H3. The lowest BCUT2D eigenvalue weighted by Gasteiger charge is -2.41. The van der Waals surface area contributed by atoms with E-state index >= 15 is 0 Å². The fourth-order valence-electron chi connectivity index (χ4n) is 5.54. The smallest absolute Gasteiger partial charge is 0.124 e. The molecule has 5 atom stereocenters. The van der Waals surface area contributed by atoms with E-state index in [-0.39, 0.29) is 5.54 Å². The lowest BCUT2D eigenvalue weighted by Crippen LogP contribution is -2.46. The van der Waals surface area contributed by atoms with Gasteiger partial charge < -0.3 is 10.5 Å². The molecular weight excluding hydrogens is 270 g/mol. The van der Waals surface area contributed by atoms with Crippen molar-refractivity contribution in [1.29, 1.82) is 0 Å². The molecule has 4 rings (SSSR count). The molecule has 1 aromatic rings. The molecule has 3 fully saturated rings. The van der Waals surface area contributed by atoms with Crippen LogP contribution in [0.4, 0.5) is 0 Å². The predicted molar refractivity (Wildman–Crippen MR) is 80.9 cm³/mol. The molecule has 3 aliphatic rings. The molecule has 108 valence electrons. The van der Waals surface area contributed by atoms with Crippen LogP contribution >= 0.6 is 11.6 Å². The third-order valence-corrected chi connectivity index (χ3v) is 6.46. The molecule has 0 aromatic heterocycles. The van der Waals surface area contributed by atoms with Crippen LogP contribution < -0.4 is 10.5 Å². The van der Waals surface area contributed by atoms with E-state index in [0.717, 1.165) is 40.5 Å². The lowest BCUT2D eigenvalue weighted by atomic mass is 9.68. The third kappa shape index (κ3) is 1.61. The summed E-state index contributed by atoms with van der Waals surface area (Å²) in [4.78, 5) is 0. The zero-order valence-electron chi connectivity index (χ0n) is 11.9. The van der Waals surface area contributed by atoms with E-state index < -0.39 is 0 Å². The van der Waals surface area contributed by atoms with E-state index in [1.165, 1.54) is 25.7 Å². The minimum atomic E-state index is -0.230. The summed E-state index contributed by atoms with van der Waals surface area (Å²) in [5, 5.41) is 0.761. The molecular formula is C17H22ClNO. The second-order valence-electron chi connectivity index (χ2n) is 6.95. The van der Waals surface area contributed by atoms with Crippen LogP contribution in [0.3, 0.4) is 0 Å². The number of methoxy groups -OCH3 is 1. The minimum absolute atomic E-state index is 0.230. The Morgan fingerprint density at radius 3 is 2.90 bits per heavy atom. The van der Waals surface area contributed by atoms with Gasteiger partial charge in [0, 0.05) is 16.1 Å². The zero-order valence-corrected chi connectivity index (χ0v) is 12.7. The second-order valence-corrected chi connectivity index (χ2v) is 7.39. The molecule has 0 amide bonds. The van der Waals surface area contributed by atoms with Crippen molar-refractivity contribution in [2.24, 2.45) is 29.4 Å². The largest absolute Gasteiger partial charge is 0.496 e. The molecule has 0 aliphatic heterocycles. The summed E-state index contributed by atoms with van der Waals surface area (Å²) in [6.45, 7) is 0. The van der Waals surface area contributed by atoms with E-state index in [2.05, 4.69) is 0 Å². The second kappa shape index (κ2) is 4.38. The first-order chi connectivity index (χ1) is 9.63. The fourth-order valence-corrected chi connectivity index (χ4v) is 5.72. The average molecular weight is 292 g/mol. The number of ether oxygens (including phenoxy) is 1. The van der Waals surface area contributed by atoms with Crippen LogP contribution in [-0.4, -0.2) is 7.11 Å². The average Bonchev–Trinajstić information content (AvgIpc) is 3.09. The summed E-state index contributed by atoms with van der Waals surface area (Å²) in [7, 11) is 1.72. The highest BCUT2D eigenvalue weighted by Crippen LogP contribution is 2.65. The van der Waals surface area contributed by atoms with Gasteiger partial charge in [0.1, 0.15) is 5.75 Å². The molecule has 20 heavy (non-hydrogen) atoms. The maximum Gasteiger partial charge on any atom is 0.124 e. The van der Waals surface area contributed by atoms with E-state index in [0.29, 0.717) is 5.92 Å². The van der Waals surface area contributed by atoms with Gasteiger partial charge in [-0.25, -0.2) is 0 Å². The highest BCUT2D eigenvalue weighted by molar-refractivity contribution is 6.30. The van der Waals surface area contributed by atoms with Crippen molar-refractivity contribution in [3.8, 4) is 5.75 Å². The van der Waals surface area contributed by atoms with E-state index in [9.17, 15) is 0 Å². The zero-order chi connectivity index (χ0) is 13.9. The van der Waals surface area contributed by atoms with Crippen molar-refractivity contribution in [3.63, 3.8) is 0 Å². The molecule has 1 aromatic carbocycles. The van der Waals surface area contributed by atoms with Crippen molar-refractivity contribution in [2.75, 3.05) is 7.11 Å². The van der Waals surface area contributed by atoms with Gasteiger partial charge in [-0.1, -0.05) is 18.0 Å². The van der Waals surface area contributed by atoms with Crippen LogP contribution in [0.1, 0.15) is 37.7 Å². The highest BCUT2D eigenvalue weighted by Gasteiger charge is 2.60. The van der Waals surface area contributed by atoms with Gasteiger partial charge >= 0.3 is 0 Å². The first kappa shape index (κ1) is 13.0. The number of halogens is 1. The van der Waals surface area contributed by atoms with E-state index in [4.69, 9.17) is 22.1 Å². The van der Waals surface area contributed by atoms with Crippen LogP contribution in [0.25, 0.3) is 0 Å². The molecule has 0 radical (unpaired) electrons. The molecule has 3 heteroatoms. The molecule has 0 spiro atoms.